The molecule has 3 N–H and O–H groups in total. The average molecular weight is 283 g/mol. The van der Waals surface area contributed by atoms with E-state index in [-0.39, 0.29) is 5.89 Å². The van der Waals surface area contributed by atoms with E-state index in [1.807, 2.05) is 6.92 Å². The van der Waals surface area contributed by atoms with Crippen LogP contribution in [0.3, 0.4) is 0 Å². The summed E-state index contributed by atoms with van der Waals surface area (Å²) in [5, 5.41) is 13.9. The molecule has 2 rings (SSSR count). The topological polar surface area (TPSA) is 94.4 Å². The van der Waals surface area contributed by atoms with Gasteiger partial charge in [-0.15, -0.1) is 0 Å². The van der Waals surface area contributed by atoms with Gasteiger partial charge in [0, 0.05) is 6.61 Å². The van der Waals surface area contributed by atoms with Gasteiger partial charge in [0.1, 0.15) is 11.7 Å². The molecular weight excluding hydrogens is 258 g/mol. The molecule has 6 nitrogen and oxygen atoms in total. The maximum absolute atomic E-state index is 9.88. The van der Waals surface area contributed by atoms with E-state index >= 15 is 0 Å². The first-order chi connectivity index (χ1) is 9.61. The van der Waals surface area contributed by atoms with Crippen LogP contribution in [0.5, 0.6) is 0 Å². The maximum Gasteiger partial charge on any atom is 0.255 e. The van der Waals surface area contributed by atoms with Crippen molar-refractivity contribution in [2.75, 3.05) is 13.2 Å². The summed E-state index contributed by atoms with van der Waals surface area (Å²) >= 11 is 0. The Hall–Kier alpha value is -0.980. The largest absolute Gasteiger partial charge is 0.383 e. The van der Waals surface area contributed by atoms with Crippen LogP contribution in [-0.4, -0.2) is 28.4 Å². The van der Waals surface area contributed by atoms with Gasteiger partial charge >= 0.3 is 0 Å². The molecule has 1 aromatic heterocycles. The molecule has 0 bridgehead atoms. The molecule has 20 heavy (non-hydrogen) atoms. The van der Waals surface area contributed by atoms with Gasteiger partial charge in [0.05, 0.1) is 0 Å². The highest BCUT2D eigenvalue weighted by Crippen LogP contribution is 2.41. The van der Waals surface area contributed by atoms with Crippen LogP contribution in [0.4, 0.5) is 0 Å². The highest BCUT2D eigenvalue weighted by atomic mass is 16.5. The summed E-state index contributed by atoms with van der Waals surface area (Å²) in [5.41, 5.74) is 4.97. The zero-order valence-electron chi connectivity index (χ0n) is 12.3. The highest BCUT2D eigenvalue weighted by molar-refractivity contribution is 5.05. The van der Waals surface area contributed by atoms with Crippen LogP contribution in [0.25, 0.3) is 0 Å². The summed E-state index contributed by atoms with van der Waals surface area (Å²) in [4.78, 5) is 4.37. The maximum atomic E-state index is 9.88. The van der Waals surface area contributed by atoms with Crippen LogP contribution in [0, 0.1) is 5.92 Å². The minimum atomic E-state index is -0.791. The molecule has 0 aromatic carbocycles. The van der Waals surface area contributed by atoms with Crippen molar-refractivity contribution < 1.29 is 14.4 Å². The minimum Gasteiger partial charge on any atom is -0.383 e. The molecule has 3 atom stereocenters. The molecule has 1 aliphatic rings. The molecule has 2 unspecified atom stereocenters. The third-order valence-corrected chi connectivity index (χ3v) is 3.95. The van der Waals surface area contributed by atoms with Gasteiger partial charge in [0.2, 0.25) is 5.82 Å². The van der Waals surface area contributed by atoms with Crippen LogP contribution >= 0.6 is 0 Å². The third kappa shape index (κ3) is 3.19. The number of rotatable bonds is 6. The summed E-state index contributed by atoms with van der Waals surface area (Å²) < 4.78 is 11.2. The molecule has 0 radical (unpaired) electrons. The van der Waals surface area contributed by atoms with Gasteiger partial charge in [0.15, 0.2) is 0 Å². The van der Waals surface area contributed by atoms with Gasteiger partial charge in [-0.25, -0.2) is 0 Å². The lowest BCUT2D eigenvalue weighted by molar-refractivity contribution is -0.0891. The SMILES string of the molecule is CCOC1(c2noc([C@@H](O)CCN)n2)CCCC(C)C1. The molecule has 0 spiro atoms. The molecule has 0 aliphatic heterocycles. The fourth-order valence-corrected chi connectivity index (χ4v) is 3.02. The Labute approximate surface area is 119 Å². The molecule has 1 heterocycles. The van der Waals surface area contributed by atoms with Gasteiger partial charge in [-0.1, -0.05) is 18.5 Å². The fourth-order valence-electron chi connectivity index (χ4n) is 3.02. The summed E-state index contributed by atoms with van der Waals surface area (Å²) in [6.45, 7) is 5.19. The van der Waals surface area contributed by atoms with Crippen molar-refractivity contribution in [3.63, 3.8) is 0 Å². The number of nitrogens with two attached hydrogens (primary N) is 1. The Morgan fingerprint density at radius 1 is 1.60 bits per heavy atom. The van der Waals surface area contributed by atoms with Crippen molar-refractivity contribution >= 4 is 0 Å². The summed E-state index contributed by atoms with van der Waals surface area (Å²) in [5.74, 6) is 1.38. The number of aromatic nitrogens is 2. The van der Waals surface area contributed by atoms with Crippen molar-refractivity contribution in [3.8, 4) is 0 Å². The van der Waals surface area contributed by atoms with Crippen molar-refractivity contribution in [3.05, 3.63) is 11.7 Å². The zero-order chi connectivity index (χ0) is 14.6. The second-order valence-corrected chi connectivity index (χ2v) is 5.68. The Balaban J connectivity index is 2.21. The predicted octanol–water partition coefficient (Wildman–Crippen LogP) is 1.89. The third-order valence-electron chi connectivity index (χ3n) is 3.95. The highest BCUT2D eigenvalue weighted by Gasteiger charge is 2.41. The summed E-state index contributed by atoms with van der Waals surface area (Å²) in [7, 11) is 0. The van der Waals surface area contributed by atoms with Gasteiger partial charge in [-0.3, -0.25) is 0 Å². The van der Waals surface area contributed by atoms with Crippen molar-refractivity contribution in [2.24, 2.45) is 11.7 Å². The molecule has 6 heteroatoms. The molecule has 1 saturated carbocycles. The average Bonchev–Trinajstić information content (AvgIpc) is 2.89. The Morgan fingerprint density at radius 3 is 3.05 bits per heavy atom. The number of nitrogens with zero attached hydrogens (tertiary/aromatic N) is 2. The molecule has 0 saturated heterocycles. The standard InChI is InChI=1S/C14H25N3O3/c1-3-19-14(7-4-5-10(2)9-14)13-16-12(20-17-13)11(18)6-8-15/h10-11,18H,3-9,15H2,1-2H3/t10?,11-,14?/m0/s1. The van der Waals surface area contributed by atoms with Crippen molar-refractivity contribution in [1.29, 1.82) is 0 Å². The van der Waals surface area contributed by atoms with E-state index in [1.54, 1.807) is 0 Å². The molecule has 114 valence electrons. The van der Waals surface area contributed by atoms with Gasteiger partial charge < -0.3 is 20.1 Å². The number of ether oxygens (including phenoxy) is 1. The molecule has 1 fully saturated rings. The van der Waals surface area contributed by atoms with Crippen LogP contribution in [0.1, 0.15) is 63.8 Å². The second kappa shape index (κ2) is 6.65. The lowest BCUT2D eigenvalue weighted by Crippen LogP contribution is -2.36. The van der Waals surface area contributed by atoms with Crippen LogP contribution in [-0.2, 0) is 10.3 Å². The van der Waals surface area contributed by atoms with Crippen LogP contribution in [0.15, 0.2) is 4.52 Å². The van der Waals surface area contributed by atoms with Gasteiger partial charge in [-0.05, 0) is 45.1 Å². The van der Waals surface area contributed by atoms with E-state index in [0.29, 0.717) is 31.3 Å². The lowest BCUT2D eigenvalue weighted by atomic mass is 9.78. The molecule has 1 aliphatic carbocycles. The van der Waals surface area contributed by atoms with E-state index in [4.69, 9.17) is 15.0 Å². The molecule has 0 amide bonds. The number of aliphatic hydroxyl groups is 1. The van der Waals surface area contributed by atoms with Crippen molar-refractivity contribution in [2.45, 2.75) is 57.7 Å². The monoisotopic (exact) mass is 283 g/mol. The van der Waals surface area contributed by atoms with Crippen LogP contribution in [0.2, 0.25) is 0 Å². The first kappa shape index (κ1) is 15.4. The first-order valence-electron chi connectivity index (χ1n) is 7.47. The number of aliphatic hydroxyl groups excluding tert-OH is 1. The summed E-state index contributed by atoms with van der Waals surface area (Å²) in [6.07, 6.45) is 3.72. The number of hydrogen-bond donors (Lipinski definition) is 2. The molecular formula is C14H25N3O3. The second-order valence-electron chi connectivity index (χ2n) is 5.68. The normalized spacial score (nSPS) is 28.5. The van der Waals surface area contributed by atoms with Crippen molar-refractivity contribution in [1.82, 2.24) is 10.1 Å². The quantitative estimate of drug-likeness (QED) is 0.828. The first-order valence-corrected chi connectivity index (χ1v) is 7.47. The van der Waals surface area contributed by atoms with E-state index in [2.05, 4.69) is 17.1 Å². The smallest absolute Gasteiger partial charge is 0.255 e. The minimum absolute atomic E-state index is 0.239. The number of hydrogen-bond acceptors (Lipinski definition) is 6. The van der Waals surface area contributed by atoms with E-state index in [9.17, 15) is 5.11 Å². The Bertz CT molecular complexity index is 420. The zero-order valence-corrected chi connectivity index (χ0v) is 12.3. The van der Waals surface area contributed by atoms with E-state index in [1.165, 1.54) is 6.42 Å². The van der Waals surface area contributed by atoms with Gasteiger partial charge in [-0.2, -0.15) is 4.98 Å². The lowest BCUT2D eigenvalue weighted by Gasteiger charge is -2.37. The summed E-state index contributed by atoms with van der Waals surface area (Å²) in [6, 6.07) is 0. The Morgan fingerprint density at radius 2 is 2.40 bits per heavy atom. The molecule has 1 aromatic rings. The van der Waals surface area contributed by atoms with E-state index in [0.717, 1.165) is 19.3 Å². The van der Waals surface area contributed by atoms with Gasteiger partial charge in [0.25, 0.3) is 5.89 Å². The van der Waals surface area contributed by atoms with E-state index < -0.39 is 11.7 Å². The van der Waals surface area contributed by atoms with Crippen LogP contribution < -0.4 is 5.73 Å². The fraction of sp³-hybridized carbons (Fsp3) is 0.857. The predicted molar refractivity (Wildman–Crippen MR) is 73.9 cm³/mol. The Kier molecular flexibility index (Phi) is 5.12.